The molecule has 0 aliphatic heterocycles. The number of hydrogen-bond donors (Lipinski definition) is 1. The minimum atomic E-state index is -0.477. The van der Waals surface area contributed by atoms with Crippen LogP contribution in [0.25, 0.3) is 10.9 Å². The van der Waals surface area contributed by atoms with Gasteiger partial charge in [0, 0.05) is 11.9 Å². The Balaban J connectivity index is 2.50. The Labute approximate surface area is 156 Å². The SMILES string of the molecule is CCOC(=O)/C(C)=N/N(CC)c1ccc(Cl)c2cc(C(=O)OCC)[nH]c12. The lowest BCUT2D eigenvalue weighted by molar-refractivity contribution is -0.135. The van der Waals surface area contributed by atoms with Crippen molar-refractivity contribution in [3.8, 4) is 0 Å². The van der Waals surface area contributed by atoms with Gasteiger partial charge in [0.2, 0.25) is 0 Å². The van der Waals surface area contributed by atoms with E-state index in [1.165, 1.54) is 0 Å². The van der Waals surface area contributed by atoms with Crippen molar-refractivity contribution in [1.82, 2.24) is 4.98 Å². The van der Waals surface area contributed by atoms with E-state index >= 15 is 0 Å². The van der Waals surface area contributed by atoms with Crippen molar-refractivity contribution in [3.63, 3.8) is 0 Å². The number of nitrogens with one attached hydrogen (secondary N) is 1. The molecule has 0 radical (unpaired) electrons. The molecule has 1 aromatic heterocycles. The first-order valence-corrected chi connectivity index (χ1v) is 8.78. The van der Waals surface area contributed by atoms with Crippen LogP contribution in [0, 0.1) is 0 Å². The van der Waals surface area contributed by atoms with Crippen molar-refractivity contribution < 1.29 is 19.1 Å². The predicted molar refractivity (Wildman–Crippen MR) is 102 cm³/mol. The molecule has 0 amide bonds. The van der Waals surface area contributed by atoms with Crippen LogP contribution in [0.2, 0.25) is 5.02 Å². The normalized spacial score (nSPS) is 11.5. The molecule has 1 heterocycles. The average molecular weight is 380 g/mol. The van der Waals surface area contributed by atoms with Crippen molar-refractivity contribution in [2.24, 2.45) is 5.10 Å². The number of H-pyrrole nitrogens is 1. The number of esters is 2. The minimum absolute atomic E-state index is 0.231. The number of ether oxygens (including phenoxy) is 2. The Kier molecular flexibility index (Phi) is 6.63. The van der Waals surface area contributed by atoms with Crippen LogP contribution in [0.4, 0.5) is 5.69 Å². The van der Waals surface area contributed by atoms with Crippen LogP contribution in [-0.4, -0.2) is 42.4 Å². The number of aromatic amines is 1. The maximum Gasteiger partial charge on any atom is 0.354 e. The van der Waals surface area contributed by atoms with E-state index in [4.69, 9.17) is 21.1 Å². The monoisotopic (exact) mass is 379 g/mol. The van der Waals surface area contributed by atoms with Crippen molar-refractivity contribution in [2.45, 2.75) is 27.7 Å². The van der Waals surface area contributed by atoms with Gasteiger partial charge in [0.25, 0.3) is 0 Å². The molecule has 26 heavy (non-hydrogen) atoms. The Hall–Kier alpha value is -2.54. The molecule has 2 rings (SSSR count). The molecule has 8 heteroatoms. The van der Waals surface area contributed by atoms with Crippen molar-refractivity contribution in [2.75, 3.05) is 24.8 Å². The number of nitrogens with zero attached hydrogens (tertiary/aromatic N) is 2. The molecular formula is C18H22ClN3O4. The molecule has 0 fully saturated rings. The van der Waals surface area contributed by atoms with E-state index in [0.29, 0.717) is 33.9 Å². The molecule has 0 aliphatic rings. The van der Waals surface area contributed by atoms with Gasteiger partial charge in [-0.1, -0.05) is 11.6 Å². The lowest BCUT2D eigenvalue weighted by atomic mass is 10.2. The summed E-state index contributed by atoms with van der Waals surface area (Å²) >= 11 is 6.27. The Morgan fingerprint density at radius 3 is 2.50 bits per heavy atom. The topological polar surface area (TPSA) is 84.0 Å². The highest BCUT2D eigenvalue weighted by atomic mass is 35.5. The highest BCUT2D eigenvalue weighted by Gasteiger charge is 2.18. The fourth-order valence-corrected chi connectivity index (χ4v) is 2.67. The van der Waals surface area contributed by atoms with E-state index in [0.717, 1.165) is 0 Å². The van der Waals surface area contributed by atoms with Crippen LogP contribution < -0.4 is 5.01 Å². The Morgan fingerprint density at radius 1 is 1.19 bits per heavy atom. The number of fused-ring (bicyclic) bond motifs is 1. The number of anilines is 1. The third-order valence-corrected chi connectivity index (χ3v) is 3.96. The Bertz CT molecular complexity index is 844. The van der Waals surface area contributed by atoms with Gasteiger partial charge in [-0.25, -0.2) is 9.59 Å². The van der Waals surface area contributed by atoms with Gasteiger partial charge in [0.05, 0.1) is 29.4 Å². The molecule has 0 bridgehead atoms. The third kappa shape index (κ3) is 4.16. The molecule has 0 spiro atoms. The van der Waals surface area contributed by atoms with E-state index < -0.39 is 11.9 Å². The summed E-state index contributed by atoms with van der Waals surface area (Å²) in [5.74, 6) is -0.935. The molecule has 0 saturated heterocycles. The first-order chi connectivity index (χ1) is 12.4. The molecular weight excluding hydrogens is 358 g/mol. The fraction of sp³-hybridized carbons (Fsp3) is 0.389. The molecule has 2 aromatic rings. The molecule has 0 atom stereocenters. The quantitative estimate of drug-likeness (QED) is 0.449. The lowest BCUT2D eigenvalue weighted by Gasteiger charge is -2.19. The maximum absolute atomic E-state index is 12.0. The van der Waals surface area contributed by atoms with Crippen molar-refractivity contribution in [3.05, 3.63) is 28.9 Å². The van der Waals surface area contributed by atoms with Gasteiger partial charge in [0.15, 0.2) is 0 Å². The number of carbonyl (C=O) groups is 2. The molecule has 1 aromatic carbocycles. The van der Waals surface area contributed by atoms with Crippen LogP contribution in [-0.2, 0) is 14.3 Å². The fourth-order valence-electron chi connectivity index (χ4n) is 2.46. The standard InChI is InChI=1S/C18H22ClN3O4/c1-5-22(21-11(4)17(23)25-6-2)15-9-8-13(19)12-10-14(20-16(12)15)18(24)26-7-3/h8-10,20H,5-7H2,1-4H3/b21-11+. The molecule has 0 saturated carbocycles. The van der Waals surface area contributed by atoms with E-state index in [1.54, 1.807) is 44.0 Å². The van der Waals surface area contributed by atoms with Gasteiger partial charge < -0.3 is 14.5 Å². The molecule has 0 aliphatic carbocycles. The van der Waals surface area contributed by atoms with E-state index in [-0.39, 0.29) is 18.9 Å². The number of halogens is 1. The first-order valence-electron chi connectivity index (χ1n) is 8.41. The summed E-state index contributed by atoms with van der Waals surface area (Å²) in [7, 11) is 0. The number of rotatable bonds is 7. The molecule has 0 unspecified atom stereocenters. The number of hydrogen-bond acceptors (Lipinski definition) is 6. The van der Waals surface area contributed by atoms with Crippen LogP contribution in [0.3, 0.4) is 0 Å². The highest BCUT2D eigenvalue weighted by molar-refractivity contribution is 6.36. The smallest absolute Gasteiger partial charge is 0.354 e. The summed E-state index contributed by atoms with van der Waals surface area (Å²) in [5, 5.41) is 7.17. The molecule has 140 valence electrons. The zero-order chi connectivity index (χ0) is 19.3. The van der Waals surface area contributed by atoms with Gasteiger partial charge in [0.1, 0.15) is 11.4 Å². The maximum atomic E-state index is 12.0. The average Bonchev–Trinajstić information content (AvgIpc) is 3.07. The van der Waals surface area contributed by atoms with Crippen LogP contribution >= 0.6 is 11.6 Å². The predicted octanol–water partition coefficient (Wildman–Crippen LogP) is 3.76. The summed E-state index contributed by atoms with van der Waals surface area (Å²) in [5.41, 5.74) is 1.86. The molecule has 7 nitrogen and oxygen atoms in total. The second kappa shape index (κ2) is 8.71. The van der Waals surface area contributed by atoms with Gasteiger partial charge in [-0.2, -0.15) is 5.10 Å². The van der Waals surface area contributed by atoms with E-state index in [1.807, 2.05) is 6.92 Å². The lowest BCUT2D eigenvalue weighted by Crippen LogP contribution is -2.23. The summed E-state index contributed by atoms with van der Waals surface area (Å²) < 4.78 is 10.00. The largest absolute Gasteiger partial charge is 0.461 e. The van der Waals surface area contributed by atoms with E-state index in [9.17, 15) is 9.59 Å². The van der Waals surface area contributed by atoms with Crippen molar-refractivity contribution in [1.29, 1.82) is 0 Å². The summed E-state index contributed by atoms with van der Waals surface area (Å²) in [4.78, 5) is 26.9. The number of carbonyl (C=O) groups excluding carboxylic acids is 2. The number of aromatic nitrogens is 1. The van der Waals surface area contributed by atoms with Gasteiger partial charge in [-0.3, -0.25) is 5.01 Å². The summed E-state index contributed by atoms with van der Waals surface area (Å²) in [6.45, 7) is 8.03. The zero-order valence-electron chi connectivity index (χ0n) is 15.3. The number of benzene rings is 1. The Morgan fingerprint density at radius 2 is 1.88 bits per heavy atom. The van der Waals surface area contributed by atoms with Crippen LogP contribution in [0.1, 0.15) is 38.2 Å². The summed E-state index contributed by atoms with van der Waals surface area (Å²) in [6.07, 6.45) is 0. The third-order valence-electron chi connectivity index (χ3n) is 3.63. The van der Waals surface area contributed by atoms with Gasteiger partial charge in [-0.05, 0) is 45.9 Å². The zero-order valence-corrected chi connectivity index (χ0v) is 16.0. The second-order valence-electron chi connectivity index (χ2n) is 5.38. The molecule has 1 N–H and O–H groups in total. The van der Waals surface area contributed by atoms with Gasteiger partial charge >= 0.3 is 11.9 Å². The highest BCUT2D eigenvalue weighted by Crippen LogP contribution is 2.33. The van der Waals surface area contributed by atoms with Crippen LogP contribution in [0.15, 0.2) is 23.3 Å². The van der Waals surface area contributed by atoms with Crippen LogP contribution in [0.5, 0.6) is 0 Å². The summed E-state index contributed by atoms with van der Waals surface area (Å²) in [6, 6.07) is 5.15. The second-order valence-corrected chi connectivity index (χ2v) is 5.79. The van der Waals surface area contributed by atoms with Gasteiger partial charge in [-0.15, -0.1) is 0 Å². The minimum Gasteiger partial charge on any atom is -0.461 e. The number of hydrazone groups is 1. The van der Waals surface area contributed by atoms with E-state index in [2.05, 4.69) is 10.1 Å². The van der Waals surface area contributed by atoms with Crippen molar-refractivity contribution >= 4 is 45.8 Å². The first kappa shape index (κ1) is 19.8.